The Hall–Kier alpha value is -1.35. The molecule has 2 fully saturated rings. The first-order valence-corrected chi connectivity index (χ1v) is 7.47. The van der Waals surface area contributed by atoms with Gasteiger partial charge in [-0.25, -0.2) is 0 Å². The molecule has 3 rings (SSSR count). The Morgan fingerprint density at radius 3 is 2.55 bits per heavy atom. The van der Waals surface area contributed by atoms with Crippen LogP contribution in [-0.2, 0) is 9.59 Å². The van der Waals surface area contributed by atoms with Crippen LogP contribution in [0.15, 0.2) is 24.3 Å². The van der Waals surface area contributed by atoms with Crippen molar-refractivity contribution in [3.8, 4) is 0 Å². The normalized spacial score (nSPS) is 33.5. The van der Waals surface area contributed by atoms with Gasteiger partial charge in [0.15, 0.2) is 0 Å². The summed E-state index contributed by atoms with van der Waals surface area (Å²) in [5.74, 6) is 0.0536. The first-order valence-electron chi connectivity index (χ1n) is 7.09. The third-order valence-corrected chi connectivity index (χ3v) is 5.00. The molecule has 2 amide bonds. The zero-order valence-electron chi connectivity index (χ0n) is 11.5. The molecule has 0 bridgehead atoms. The van der Waals surface area contributed by atoms with Crippen molar-refractivity contribution in [3.05, 3.63) is 34.9 Å². The SMILES string of the molecule is CC1CCC2(CC(=O)NC(=O)C2c2ccc(Cl)cc2)C1. The fraction of sp³-hybridized carbons (Fsp3) is 0.500. The van der Waals surface area contributed by atoms with Crippen LogP contribution < -0.4 is 5.32 Å². The number of hydrogen-bond acceptors (Lipinski definition) is 2. The minimum absolute atomic E-state index is 0.130. The van der Waals surface area contributed by atoms with Crippen LogP contribution in [0.25, 0.3) is 0 Å². The molecule has 1 saturated carbocycles. The Balaban J connectivity index is 2.02. The lowest BCUT2D eigenvalue weighted by Crippen LogP contribution is -2.49. The van der Waals surface area contributed by atoms with Crippen molar-refractivity contribution >= 4 is 23.4 Å². The third kappa shape index (κ3) is 2.24. The van der Waals surface area contributed by atoms with E-state index in [9.17, 15) is 9.59 Å². The van der Waals surface area contributed by atoms with Gasteiger partial charge in [0.2, 0.25) is 11.8 Å². The van der Waals surface area contributed by atoms with Gasteiger partial charge < -0.3 is 0 Å². The molecular weight excluding hydrogens is 274 g/mol. The van der Waals surface area contributed by atoms with E-state index in [0.29, 0.717) is 17.4 Å². The van der Waals surface area contributed by atoms with E-state index in [0.717, 1.165) is 24.8 Å². The number of rotatable bonds is 1. The molecule has 3 nitrogen and oxygen atoms in total. The second kappa shape index (κ2) is 4.88. The summed E-state index contributed by atoms with van der Waals surface area (Å²) in [6.07, 6.45) is 3.43. The lowest BCUT2D eigenvalue weighted by atomic mass is 9.66. The minimum atomic E-state index is -0.234. The molecule has 1 aromatic carbocycles. The van der Waals surface area contributed by atoms with Crippen molar-refractivity contribution in [2.75, 3.05) is 0 Å². The number of nitrogens with one attached hydrogen (secondary N) is 1. The zero-order chi connectivity index (χ0) is 14.3. The van der Waals surface area contributed by atoms with Crippen LogP contribution in [0.2, 0.25) is 5.02 Å². The van der Waals surface area contributed by atoms with Crippen LogP contribution in [0.1, 0.15) is 44.1 Å². The van der Waals surface area contributed by atoms with E-state index < -0.39 is 0 Å². The molecule has 1 aliphatic heterocycles. The Bertz CT molecular complexity index is 554. The van der Waals surface area contributed by atoms with Crippen molar-refractivity contribution in [1.29, 1.82) is 0 Å². The monoisotopic (exact) mass is 291 g/mol. The number of halogens is 1. The number of hydrogen-bond donors (Lipinski definition) is 1. The van der Waals surface area contributed by atoms with Crippen LogP contribution >= 0.6 is 11.6 Å². The maximum absolute atomic E-state index is 12.4. The van der Waals surface area contributed by atoms with Crippen molar-refractivity contribution < 1.29 is 9.59 Å². The summed E-state index contributed by atoms with van der Waals surface area (Å²) < 4.78 is 0. The van der Waals surface area contributed by atoms with Crippen LogP contribution in [0, 0.1) is 11.3 Å². The van der Waals surface area contributed by atoms with Crippen LogP contribution in [-0.4, -0.2) is 11.8 Å². The summed E-state index contributed by atoms with van der Waals surface area (Å²) in [5.41, 5.74) is 0.764. The molecule has 2 aliphatic rings. The van der Waals surface area contributed by atoms with Gasteiger partial charge in [-0.15, -0.1) is 0 Å². The lowest BCUT2D eigenvalue weighted by Gasteiger charge is -2.40. The van der Waals surface area contributed by atoms with Gasteiger partial charge in [-0.1, -0.05) is 37.1 Å². The molecule has 20 heavy (non-hydrogen) atoms. The van der Waals surface area contributed by atoms with E-state index in [1.54, 1.807) is 0 Å². The first kappa shape index (κ1) is 13.6. The number of carbonyl (C=O) groups is 2. The Morgan fingerprint density at radius 1 is 1.25 bits per heavy atom. The summed E-state index contributed by atoms with van der Waals surface area (Å²) in [7, 11) is 0. The Labute approximate surface area is 123 Å². The molecule has 1 N–H and O–H groups in total. The van der Waals surface area contributed by atoms with Gasteiger partial charge in [0, 0.05) is 11.4 Å². The van der Waals surface area contributed by atoms with E-state index in [-0.39, 0.29) is 23.1 Å². The molecule has 106 valence electrons. The number of carbonyl (C=O) groups excluding carboxylic acids is 2. The predicted octanol–water partition coefficient (Wildman–Crippen LogP) is 3.28. The molecule has 3 atom stereocenters. The lowest BCUT2D eigenvalue weighted by molar-refractivity contribution is -0.140. The Morgan fingerprint density at radius 2 is 1.95 bits per heavy atom. The van der Waals surface area contributed by atoms with E-state index in [2.05, 4.69) is 12.2 Å². The minimum Gasteiger partial charge on any atom is -0.296 e. The topological polar surface area (TPSA) is 46.2 Å². The molecule has 0 aromatic heterocycles. The van der Waals surface area contributed by atoms with E-state index in [1.807, 2.05) is 24.3 Å². The van der Waals surface area contributed by atoms with Gasteiger partial charge in [-0.3, -0.25) is 14.9 Å². The van der Waals surface area contributed by atoms with Gasteiger partial charge in [0.1, 0.15) is 0 Å². The third-order valence-electron chi connectivity index (χ3n) is 4.74. The maximum Gasteiger partial charge on any atom is 0.234 e. The van der Waals surface area contributed by atoms with Crippen LogP contribution in [0.3, 0.4) is 0 Å². The molecule has 1 aliphatic carbocycles. The quantitative estimate of drug-likeness (QED) is 0.807. The molecule has 1 saturated heterocycles. The van der Waals surface area contributed by atoms with Crippen molar-refractivity contribution in [2.45, 2.75) is 38.5 Å². The molecular formula is C16H18ClNO2. The van der Waals surface area contributed by atoms with Gasteiger partial charge in [-0.2, -0.15) is 0 Å². The summed E-state index contributed by atoms with van der Waals surface area (Å²) >= 11 is 5.93. The summed E-state index contributed by atoms with van der Waals surface area (Å²) in [5, 5.41) is 3.16. The number of piperidine rings is 1. The highest BCUT2D eigenvalue weighted by Crippen LogP contribution is 2.54. The van der Waals surface area contributed by atoms with Crippen molar-refractivity contribution in [3.63, 3.8) is 0 Å². The molecule has 1 aromatic rings. The van der Waals surface area contributed by atoms with Crippen LogP contribution in [0.5, 0.6) is 0 Å². The maximum atomic E-state index is 12.4. The van der Waals surface area contributed by atoms with Gasteiger partial charge in [-0.05, 0) is 41.9 Å². The zero-order valence-corrected chi connectivity index (χ0v) is 12.2. The second-order valence-electron chi connectivity index (χ2n) is 6.28. The summed E-state index contributed by atoms with van der Waals surface area (Å²) in [4.78, 5) is 24.2. The molecule has 1 heterocycles. The van der Waals surface area contributed by atoms with E-state index in [1.165, 1.54) is 0 Å². The predicted molar refractivity (Wildman–Crippen MR) is 77.4 cm³/mol. The molecule has 0 radical (unpaired) electrons. The summed E-state index contributed by atoms with van der Waals surface area (Å²) in [6, 6.07) is 7.44. The second-order valence-corrected chi connectivity index (χ2v) is 6.72. The van der Waals surface area contributed by atoms with Crippen molar-refractivity contribution in [1.82, 2.24) is 5.32 Å². The number of imide groups is 1. The largest absolute Gasteiger partial charge is 0.296 e. The highest BCUT2D eigenvalue weighted by Gasteiger charge is 2.51. The van der Waals surface area contributed by atoms with Crippen molar-refractivity contribution in [2.24, 2.45) is 11.3 Å². The molecule has 1 spiro atoms. The van der Waals surface area contributed by atoms with Gasteiger partial charge >= 0.3 is 0 Å². The Kier molecular flexibility index (Phi) is 3.33. The molecule has 4 heteroatoms. The summed E-state index contributed by atoms with van der Waals surface area (Å²) in [6.45, 7) is 2.20. The van der Waals surface area contributed by atoms with Crippen LogP contribution in [0.4, 0.5) is 0 Å². The fourth-order valence-electron chi connectivity index (χ4n) is 3.97. The average molecular weight is 292 g/mol. The first-order chi connectivity index (χ1) is 9.50. The number of benzene rings is 1. The fourth-order valence-corrected chi connectivity index (χ4v) is 4.09. The van der Waals surface area contributed by atoms with Gasteiger partial charge in [0.25, 0.3) is 0 Å². The molecule has 3 unspecified atom stereocenters. The standard InChI is InChI=1S/C16H18ClNO2/c1-10-6-7-16(8-10)9-13(19)18-15(20)14(16)11-2-4-12(17)5-3-11/h2-5,10,14H,6-9H2,1H3,(H,18,19,20). The smallest absolute Gasteiger partial charge is 0.234 e. The number of amides is 2. The van der Waals surface area contributed by atoms with E-state index >= 15 is 0 Å². The highest BCUT2D eigenvalue weighted by atomic mass is 35.5. The average Bonchev–Trinajstić information content (AvgIpc) is 2.72. The van der Waals surface area contributed by atoms with E-state index in [4.69, 9.17) is 11.6 Å². The highest BCUT2D eigenvalue weighted by molar-refractivity contribution is 6.30. The van der Waals surface area contributed by atoms with Gasteiger partial charge in [0.05, 0.1) is 5.92 Å².